The van der Waals surface area contributed by atoms with Crippen LogP contribution in [0.5, 0.6) is 0 Å². The lowest BCUT2D eigenvalue weighted by atomic mass is 10.1. The standard InChI is InChI=1S/C20H24N2O2/c1-15-6-8-16(9-7-15)4-3-5-19(23)22-14-17-10-12-18(13-11-17)20(24)21-2/h6-13H,3-5,14H2,1-2H3,(H,21,24)(H,22,23). The van der Waals surface area contributed by atoms with Gasteiger partial charge in [0.25, 0.3) is 5.91 Å². The van der Waals surface area contributed by atoms with Crippen molar-refractivity contribution in [3.05, 3.63) is 70.8 Å². The summed E-state index contributed by atoms with van der Waals surface area (Å²) >= 11 is 0. The molecule has 2 aromatic carbocycles. The number of nitrogens with one attached hydrogen (secondary N) is 2. The van der Waals surface area contributed by atoms with Crippen LogP contribution < -0.4 is 10.6 Å². The van der Waals surface area contributed by atoms with Crippen LogP contribution in [0, 0.1) is 6.92 Å². The number of aryl methyl sites for hydroxylation is 2. The maximum Gasteiger partial charge on any atom is 0.251 e. The largest absolute Gasteiger partial charge is 0.355 e. The van der Waals surface area contributed by atoms with E-state index in [9.17, 15) is 9.59 Å². The first-order valence-corrected chi connectivity index (χ1v) is 8.22. The summed E-state index contributed by atoms with van der Waals surface area (Å²) in [6.45, 7) is 2.55. The molecule has 0 aliphatic heterocycles. The van der Waals surface area contributed by atoms with Gasteiger partial charge in [-0.2, -0.15) is 0 Å². The third kappa shape index (κ3) is 5.54. The second-order valence-electron chi connectivity index (χ2n) is 5.89. The first-order chi connectivity index (χ1) is 11.6. The highest BCUT2D eigenvalue weighted by molar-refractivity contribution is 5.93. The highest BCUT2D eigenvalue weighted by Crippen LogP contribution is 2.08. The van der Waals surface area contributed by atoms with Crippen molar-refractivity contribution < 1.29 is 9.59 Å². The number of carbonyl (C=O) groups excluding carboxylic acids is 2. The van der Waals surface area contributed by atoms with Crippen molar-refractivity contribution >= 4 is 11.8 Å². The van der Waals surface area contributed by atoms with E-state index in [2.05, 4.69) is 41.8 Å². The minimum Gasteiger partial charge on any atom is -0.355 e. The van der Waals surface area contributed by atoms with Crippen LogP contribution in [0.25, 0.3) is 0 Å². The lowest BCUT2D eigenvalue weighted by Gasteiger charge is -2.07. The molecule has 126 valence electrons. The van der Waals surface area contributed by atoms with E-state index >= 15 is 0 Å². The summed E-state index contributed by atoms with van der Waals surface area (Å²) < 4.78 is 0. The van der Waals surface area contributed by atoms with Gasteiger partial charge in [0, 0.05) is 25.6 Å². The SMILES string of the molecule is CNC(=O)c1ccc(CNC(=O)CCCc2ccc(C)cc2)cc1. The van der Waals surface area contributed by atoms with Crippen LogP contribution >= 0.6 is 0 Å². The highest BCUT2D eigenvalue weighted by atomic mass is 16.2. The van der Waals surface area contributed by atoms with Crippen LogP contribution in [0.15, 0.2) is 48.5 Å². The summed E-state index contributed by atoms with van der Waals surface area (Å²) in [4.78, 5) is 23.4. The maximum atomic E-state index is 11.9. The summed E-state index contributed by atoms with van der Waals surface area (Å²) in [5.41, 5.74) is 4.11. The van der Waals surface area contributed by atoms with E-state index in [0.29, 0.717) is 18.5 Å². The predicted molar refractivity (Wildman–Crippen MR) is 95.8 cm³/mol. The quantitative estimate of drug-likeness (QED) is 0.822. The molecule has 0 aliphatic carbocycles. The van der Waals surface area contributed by atoms with Crippen molar-refractivity contribution in [1.29, 1.82) is 0 Å². The predicted octanol–water partition coefficient (Wildman–Crippen LogP) is 2.99. The van der Waals surface area contributed by atoms with Gasteiger partial charge < -0.3 is 10.6 Å². The van der Waals surface area contributed by atoms with Gasteiger partial charge in [-0.1, -0.05) is 42.0 Å². The molecule has 0 saturated carbocycles. The molecular formula is C20H24N2O2. The van der Waals surface area contributed by atoms with Gasteiger partial charge >= 0.3 is 0 Å². The van der Waals surface area contributed by atoms with Crippen LogP contribution in [0.2, 0.25) is 0 Å². The Morgan fingerprint density at radius 3 is 2.17 bits per heavy atom. The summed E-state index contributed by atoms with van der Waals surface area (Å²) in [6, 6.07) is 15.7. The Kier molecular flexibility index (Phi) is 6.55. The van der Waals surface area contributed by atoms with Gasteiger partial charge in [-0.15, -0.1) is 0 Å². The fourth-order valence-electron chi connectivity index (χ4n) is 2.42. The van der Waals surface area contributed by atoms with E-state index < -0.39 is 0 Å². The van der Waals surface area contributed by atoms with Gasteiger partial charge in [0.1, 0.15) is 0 Å². The molecule has 0 aliphatic rings. The average molecular weight is 324 g/mol. The van der Waals surface area contributed by atoms with Gasteiger partial charge in [0.05, 0.1) is 0 Å². The smallest absolute Gasteiger partial charge is 0.251 e. The zero-order valence-electron chi connectivity index (χ0n) is 14.3. The molecule has 4 heteroatoms. The minimum atomic E-state index is -0.110. The molecule has 0 bridgehead atoms. The van der Waals surface area contributed by atoms with Crippen molar-refractivity contribution in [3.63, 3.8) is 0 Å². The lowest BCUT2D eigenvalue weighted by Crippen LogP contribution is -2.22. The Balaban J connectivity index is 1.71. The molecule has 2 N–H and O–H groups in total. The summed E-state index contributed by atoms with van der Waals surface area (Å²) in [5, 5.41) is 5.50. The second-order valence-corrected chi connectivity index (χ2v) is 5.89. The first-order valence-electron chi connectivity index (χ1n) is 8.22. The molecule has 0 saturated heterocycles. The molecule has 0 atom stereocenters. The van der Waals surface area contributed by atoms with Gasteiger partial charge in [0.2, 0.25) is 5.91 Å². The topological polar surface area (TPSA) is 58.2 Å². The summed E-state index contributed by atoms with van der Waals surface area (Å²) in [7, 11) is 1.60. The zero-order chi connectivity index (χ0) is 17.4. The highest BCUT2D eigenvalue weighted by Gasteiger charge is 2.04. The number of carbonyl (C=O) groups is 2. The Hall–Kier alpha value is -2.62. The molecule has 0 aromatic heterocycles. The van der Waals surface area contributed by atoms with Crippen LogP contribution in [-0.4, -0.2) is 18.9 Å². The van der Waals surface area contributed by atoms with Crippen LogP contribution in [-0.2, 0) is 17.8 Å². The number of amides is 2. The molecule has 0 unspecified atom stereocenters. The molecule has 0 radical (unpaired) electrons. The van der Waals surface area contributed by atoms with Crippen LogP contribution in [0.3, 0.4) is 0 Å². The minimum absolute atomic E-state index is 0.0532. The van der Waals surface area contributed by atoms with Crippen molar-refractivity contribution in [2.75, 3.05) is 7.05 Å². The van der Waals surface area contributed by atoms with E-state index in [1.54, 1.807) is 19.2 Å². The maximum absolute atomic E-state index is 11.9. The van der Waals surface area contributed by atoms with E-state index in [1.807, 2.05) is 12.1 Å². The van der Waals surface area contributed by atoms with Crippen LogP contribution in [0.4, 0.5) is 0 Å². The fraction of sp³-hybridized carbons (Fsp3) is 0.300. The first kappa shape index (κ1) is 17.7. The molecule has 0 spiro atoms. The molecule has 0 heterocycles. The fourth-order valence-corrected chi connectivity index (χ4v) is 2.42. The Morgan fingerprint density at radius 2 is 1.54 bits per heavy atom. The monoisotopic (exact) mass is 324 g/mol. The zero-order valence-corrected chi connectivity index (χ0v) is 14.3. The average Bonchev–Trinajstić information content (AvgIpc) is 2.61. The van der Waals surface area contributed by atoms with Crippen molar-refractivity contribution in [3.8, 4) is 0 Å². The van der Waals surface area contributed by atoms with Crippen molar-refractivity contribution in [1.82, 2.24) is 10.6 Å². The molecule has 0 fully saturated rings. The third-order valence-corrected chi connectivity index (χ3v) is 3.92. The van der Waals surface area contributed by atoms with Crippen LogP contribution in [0.1, 0.15) is 39.9 Å². The van der Waals surface area contributed by atoms with E-state index in [1.165, 1.54) is 11.1 Å². The van der Waals surface area contributed by atoms with Crippen molar-refractivity contribution in [2.45, 2.75) is 32.7 Å². The number of benzene rings is 2. The van der Waals surface area contributed by atoms with Gasteiger partial charge in [0.15, 0.2) is 0 Å². The normalized spacial score (nSPS) is 10.2. The molecule has 2 rings (SSSR count). The number of hydrogen-bond acceptors (Lipinski definition) is 2. The number of rotatable bonds is 7. The lowest BCUT2D eigenvalue weighted by molar-refractivity contribution is -0.121. The van der Waals surface area contributed by atoms with E-state index in [4.69, 9.17) is 0 Å². The Bertz CT molecular complexity index is 676. The summed E-state index contributed by atoms with van der Waals surface area (Å²) in [6.07, 6.45) is 2.27. The second kappa shape index (κ2) is 8.87. The van der Waals surface area contributed by atoms with Gasteiger partial charge in [-0.25, -0.2) is 0 Å². The van der Waals surface area contributed by atoms with E-state index in [-0.39, 0.29) is 11.8 Å². The van der Waals surface area contributed by atoms with Gasteiger partial charge in [-0.05, 0) is 43.0 Å². The van der Waals surface area contributed by atoms with Gasteiger partial charge in [-0.3, -0.25) is 9.59 Å². The van der Waals surface area contributed by atoms with E-state index in [0.717, 1.165) is 18.4 Å². The Labute approximate surface area is 143 Å². The molecule has 24 heavy (non-hydrogen) atoms. The molecule has 4 nitrogen and oxygen atoms in total. The van der Waals surface area contributed by atoms with Crippen molar-refractivity contribution in [2.24, 2.45) is 0 Å². The third-order valence-electron chi connectivity index (χ3n) is 3.92. The molecule has 2 aromatic rings. The summed E-state index contributed by atoms with van der Waals surface area (Å²) in [5.74, 6) is -0.0563. The molecule has 2 amide bonds. The molecular weight excluding hydrogens is 300 g/mol. The number of hydrogen-bond donors (Lipinski definition) is 2. The Morgan fingerprint density at radius 1 is 0.917 bits per heavy atom.